The first-order chi connectivity index (χ1) is 20.5. The summed E-state index contributed by atoms with van der Waals surface area (Å²) in [5.74, 6) is 1.16. The van der Waals surface area contributed by atoms with Crippen molar-refractivity contribution < 1.29 is 9.53 Å². The highest BCUT2D eigenvalue weighted by Gasteiger charge is 2.16. The molecule has 42 heavy (non-hydrogen) atoms. The summed E-state index contributed by atoms with van der Waals surface area (Å²) in [6.45, 7) is 6.61. The van der Waals surface area contributed by atoms with Gasteiger partial charge >= 0.3 is 0 Å². The van der Waals surface area contributed by atoms with E-state index in [1.54, 1.807) is 0 Å². The van der Waals surface area contributed by atoms with Gasteiger partial charge in [-0.2, -0.15) is 0 Å². The molecule has 0 atom stereocenters. The molecule has 0 saturated carbocycles. The molecule has 1 amide bonds. The number of fused-ring (bicyclic) bond motifs is 1. The van der Waals surface area contributed by atoms with Crippen molar-refractivity contribution in [1.82, 2.24) is 9.97 Å². The predicted octanol–water partition coefficient (Wildman–Crippen LogP) is 7.55. The molecule has 2 heterocycles. The van der Waals surface area contributed by atoms with Crippen LogP contribution in [0.2, 0.25) is 0 Å². The average Bonchev–Trinajstić information content (AvgIpc) is 3.55. The van der Waals surface area contributed by atoms with Crippen LogP contribution < -0.4 is 20.3 Å². The Labute approximate surface area is 246 Å². The second-order valence-corrected chi connectivity index (χ2v) is 11.0. The Balaban J connectivity index is 1.30. The molecule has 6 rings (SSSR count). The highest BCUT2D eigenvalue weighted by atomic mass is 16.5. The zero-order valence-electron chi connectivity index (χ0n) is 24.0. The van der Waals surface area contributed by atoms with Gasteiger partial charge < -0.3 is 20.3 Å². The van der Waals surface area contributed by atoms with Crippen molar-refractivity contribution in [3.8, 4) is 16.9 Å². The zero-order chi connectivity index (χ0) is 28.9. The molecule has 4 aromatic carbocycles. The smallest absolute Gasteiger partial charge is 0.255 e. The molecular formula is C35H35N5O2. The van der Waals surface area contributed by atoms with Crippen molar-refractivity contribution in [3.05, 3.63) is 108 Å². The van der Waals surface area contributed by atoms with Crippen LogP contribution in [0.4, 0.5) is 17.3 Å². The fourth-order valence-electron chi connectivity index (χ4n) is 5.25. The average molecular weight is 558 g/mol. The third-order valence-corrected chi connectivity index (χ3v) is 7.35. The second-order valence-electron chi connectivity index (χ2n) is 11.0. The molecule has 0 bridgehead atoms. The molecule has 0 radical (unpaired) electrons. The van der Waals surface area contributed by atoms with Gasteiger partial charge in [0, 0.05) is 59.3 Å². The van der Waals surface area contributed by atoms with Gasteiger partial charge in [-0.1, -0.05) is 48.5 Å². The maximum absolute atomic E-state index is 13.3. The molecule has 0 spiro atoms. The highest BCUT2D eigenvalue weighted by Crippen LogP contribution is 2.36. The van der Waals surface area contributed by atoms with E-state index in [1.165, 1.54) is 12.8 Å². The quantitative estimate of drug-likeness (QED) is 0.195. The van der Waals surface area contributed by atoms with E-state index in [4.69, 9.17) is 9.72 Å². The second kappa shape index (κ2) is 12.3. The zero-order valence-corrected chi connectivity index (χ0v) is 24.0. The lowest BCUT2D eigenvalue weighted by molar-refractivity contribution is 0.102. The van der Waals surface area contributed by atoms with Crippen LogP contribution >= 0.6 is 0 Å². The van der Waals surface area contributed by atoms with Crippen molar-refractivity contribution in [3.63, 3.8) is 0 Å². The van der Waals surface area contributed by atoms with E-state index in [2.05, 4.69) is 46.5 Å². The number of amides is 1. The molecule has 1 aliphatic heterocycles. The standard InChI is InChI=1S/C35H35N5O2/c1-24(2)37-35-36-22-28-20-31(33(21-32(28)39-35)42-23-25-10-4-3-5-11-25)26-12-8-14-29(18-26)38-34(41)27-13-9-15-30(19-27)40-16-6-7-17-40/h3-5,8-15,18-22,24H,6-7,16-17,23H2,1-2H3,(H,38,41)(H,36,37,39). The Kier molecular flexibility index (Phi) is 7.99. The minimum atomic E-state index is -0.133. The van der Waals surface area contributed by atoms with Crippen molar-refractivity contribution in [2.75, 3.05) is 28.6 Å². The van der Waals surface area contributed by atoms with Crippen molar-refractivity contribution >= 4 is 34.1 Å². The van der Waals surface area contributed by atoms with Crippen molar-refractivity contribution in [1.29, 1.82) is 0 Å². The summed E-state index contributed by atoms with van der Waals surface area (Å²) < 4.78 is 6.39. The predicted molar refractivity (Wildman–Crippen MR) is 170 cm³/mol. The summed E-state index contributed by atoms with van der Waals surface area (Å²) in [4.78, 5) is 24.8. The third kappa shape index (κ3) is 6.36. The number of hydrogen-bond acceptors (Lipinski definition) is 6. The number of anilines is 3. The fourth-order valence-corrected chi connectivity index (χ4v) is 5.25. The topological polar surface area (TPSA) is 79.4 Å². The van der Waals surface area contributed by atoms with Gasteiger partial charge in [0.25, 0.3) is 5.91 Å². The van der Waals surface area contributed by atoms with E-state index < -0.39 is 0 Å². The van der Waals surface area contributed by atoms with Gasteiger partial charge in [0.15, 0.2) is 0 Å². The molecule has 7 heteroatoms. The first-order valence-corrected chi connectivity index (χ1v) is 14.5. The van der Waals surface area contributed by atoms with Crippen LogP contribution in [-0.4, -0.2) is 35.0 Å². The molecule has 7 nitrogen and oxygen atoms in total. The lowest BCUT2D eigenvalue weighted by Gasteiger charge is -2.18. The number of rotatable bonds is 9. The lowest BCUT2D eigenvalue weighted by Crippen LogP contribution is -2.19. The van der Waals surface area contributed by atoms with Gasteiger partial charge in [-0.3, -0.25) is 4.79 Å². The molecular weight excluding hydrogens is 522 g/mol. The number of aromatic nitrogens is 2. The molecule has 1 fully saturated rings. The molecule has 0 unspecified atom stereocenters. The van der Waals surface area contributed by atoms with Crippen LogP contribution in [0.15, 0.2) is 97.2 Å². The monoisotopic (exact) mass is 557 g/mol. The van der Waals surface area contributed by atoms with Crippen LogP contribution in [0.5, 0.6) is 5.75 Å². The molecule has 0 aliphatic carbocycles. The SMILES string of the molecule is CC(C)Nc1ncc2cc(-c3cccc(NC(=O)c4cccc(N5CCCC5)c4)c3)c(OCc3ccccc3)cc2n1. The highest BCUT2D eigenvalue weighted by molar-refractivity contribution is 6.05. The number of carbonyl (C=O) groups excluding carboxylic acids is 1. The Morgan fingerprint density at radius 1 is 0.929 bits per heavy atom. The summed E-state index contributed by atoms with van der Waals surface area (Å²) in [6.07, 6.45) is 4.21. The van der Waals surface area contributed by atoms with Crippen LogP contribution in [-0.2, 0) is 6.61 Å². The molecule has 5 aromatic rings. The summed E-state index contributed by atoms with van der Waals surface area (Å²) in [5, 5.41) is 7.27. The number of carbonyl (C=O) groups is 1. The van der Waals surface area contributed by atoms with Gasteiger partial charge in [0.05, 0.1) is 5.52 Å². The number of hydrogen-bond donors (Lipinski definition) is 2. The summed E-state index contributed by atoms with van der Waals surface area (Å²) in [6, 6.07) is 30.1. The maximum atomic E-state index is 13.3. The maximum Gasteiger partial charge on any atom is 0.255 e. The minimum Gasteiger partial charge on any atom is -0.488 e. The number of nitrogens with zero attached hydrogens (tertiary/aromatic N) is 3. The van der Waals surface area contributed by atoms with Gasteiger partial charge in [-0.15, -0.1) is 0 Å². The van der Waals surface area contributed by atoms with Crippen molar-refractivity contribution in [2.24, 2.45) is 0 Å². The summed E-state index contributed by atoms with van der Waals surface area (Å²) in [7, 11) is 0. The molecule has 1 aromatic heterocycles. The van der Waals surface area contributed by atoms with Gasteiger partial charge in [-0.25, -0.2) is 9.97 Å². The van der Waals surface area contributed by atoms with Crippen LogP contribution in [0.25, 0.3) is 22.0 Å². The van der Waals surface area contributed by atoms with Crippen LogP contribution in [0, 0.1) is 0 Å². The molecule has 1 saturated heterocycles. The minimum absolute atomic E-state index is 0.133. The van der Waals surface area contributed by atoms with E-state index >= 15 is 0 Å². The van der Waals surface area contributed by atoms with E-state index in [1.807, 2.05) is 85.1 Å². The largest absolute Gasteiger partial charge is 0.488 e. The first kappa shape index (κ1) is 27.3. The van der Waals surface area contributed by atoms with E-state index in [-0.39, 0.29) is 11.9 Å². The van der Waals surface area contributed by atoms with Crippen LogP contribution in [0.1, 0.15) is 42.6 Å². The van der Waals surface area contributed by atoms with Gasteiger partial charge in [0.1, 0.15) is 12.4 Å². The van der Waals surface area contributed by atoms with Crippen LogP contribution in [0.3, 0.4) is 0 Å². The lowest BCUT2D eigenvalue weighted by atomic mass is 10.0. The first-order valence-electron chi connectivity index (χ1n) is 14.5. The Bertz CT molecular complexity index is 1700. The summed E-state index contributed by atoms with van der Waals surface area (Å²) >= 11 is 0. The van der Waals surface area contributed by atoms with Gasteiger partial charge in [0.2, 0.25) is 5.95 Å². The normalized spacial score (nSPS) is 13.0. The number of nitrogens with one attached hydrogen (secondary N) is 2. The number of ether oxygens (including phenoxy) is 1. The Morgan fingerprint density at radius 3 is 2.55 bits per heavy atom. The van der Waals surface area contributed by atoms with Gasteiger partial charge in [-0.05, 0) is 74.2 Å². The summed E-state index contributed by atoms with van der Waals surface area (Å²) in [5.41, 5.74) is 6.15. The fraction of sp³-hybridized carbons (Fsp3) is 0.229. The molecule has 212 valence electrons. The molecule has 1 aliphatic rings. The van der Waals surface area contributed by atoms with E-state index in [9.17, 15) is 4.79 Å². The van der Waals surface area contributed by atoms with E-state index in [0.29, 0.717) is 29.6 Å². The third-order valence-electron chi connectivity index (χ3n) is 7.35. The van der Waals surface area contributed by atoms with E-state index in [0.717, 1.165) is 46.4 Å². The van der Waals surface area contributed by atoms with Crippen molar-refractivity contribution in [2.45, 2.75) is 39.3 Å². The molecule has 2 N–H and O–H groups in total. The number of benzene rings is 4. The Hall–Kier alpha value is -4.91. The Morgan fingerprint density at radius 2 is 1.74 bits per heavy atom.